The number of nitrogens with one attached hydrogen (secondary N) is 1. The fraction of sp³-hybridized carbons (Fsp3) is 0.526. The Morgan fingerprint density at radius 2 is 1.93 bits per heavy atom. The van der Waals surface area contributed by atoms with Gasteiger partial charge in [-0.25, -0.2) is 13.4 Å². The number of piperidine rings is 1. The lowest BCUT2D eigenvalue weighted by Crippen LogP contribution is -2.35. The smallest absolute Gasteiger partial charge is 0.319 e. The monoisotopic (exact) mass is 428 g/mol. The molecular weight excluding hydrogens is 402 g/mol. The van der Waals surface area contributed by atoms with E-state index < -0.39 is 16.6 Å². The predicted molar refractivity (Wildman–Crippen MR) is 106 cm³/mol. The van der Waals surface area contributed by atoms with Crippen LogP contribution in [0.3, 0.4) is 0 Å². The van der Waals surface area contributed by atoms with Crippen LogP contribution in [0.15, 0.2) is 35.5 Å². The van der Waals surface area contributed by atoms with Crippen LogP contribution in [-0.4, -0.2) is 41.5 Å². The lowest BCUT2D eigenvalue weighted by atomic mass is 10.2. The highest BCUT2D eigenvalue weighted by Gasteiger charge is 2.27. The quantitative estimate of drug-likeness (QED) is 0.691. The predicted octanol–water partition coefficient (Wildman–Crippen LogP) is 3.85. The van der Waals surface area contributed by atoms with Gasteiger partial charge in [0.05, 0.1) is 23.2 Å². The van der Waals surface area contributed by atoms with Gasteiger partial charge in [-0.2, -0.15) is 13.1 Å². The van der Waals surface area contributed by atoms with Crippen molar-refractivity contribution in [1.29, 1.82) is 0 Å². The summed E-state index contributed by atoms with van der Waals surface area (Å²) >= 11 is 0. The molecule has 0 spiro atoms. The largest absolute Gasteiger partial charge is 0.489 e. The van der Waals surface area contributed by atoms with Gasteiger partial charge < -0.3 is 10.1 Å². The Hall–Kier alpha value is -2.20. The maximum Gasteiger partial charge on any atom is 0.319 e. The van der Waals surface area contributed by atoms with E-state index >= 15 is 0 Å². The van der Waals surface area contributed by atoms with Gasteiger partial charge in [-0.3, -0.25) is 4.57 Å². The highest BCUT2D eigenvalue weighted by atomic mass is 32.2. The van der Waals surface area contributed by atoms with Crippen molar-refractivity contribution >= 4 is 15.7 Å². The number of nitrogens with zero attached hydrogens (tertiary/aromatic N) is 3. The van der Waals surface area contributed by atoms with Gasteiger partial charge in [0.2, 0.25) is 10.0 Å². The summed E-state index contributed by atoms with van der Waals surface area (Å²) in [4.78, 5) is 4.09. The Kier molecular flexibility index (Phi) is 6.74. The van der Waals surface area contributed by atoms with Gasteiger partial charge in [-0.1, -0.05) is 6.42 Å². The van der Waals surface area contributed by atoms with E-state index in [1.54, 1.807) is 6.07 Å². The van der Waals surface area contributed by atoms with Crippen LogP contribution in [0.25, 0.3) is 0 Å². The van der Waals surface area contributed by atoms with E-state index in [4.69, 9.17) is 4.74 Å². The number of rotatable bonds is 8. The van der Waals surface area contributed by atoms with Gasteiger partial charge in [0, 0.05) is 25.5 Å². The van der Waals surface area contributed by atoms with Gasteiger partial charge in [0.15, 0.2) is 0 Å². The zero-order valence-electron chi connectivity index (χ0n) is 16.5. The number of anilines is 1. The molecule has 3 rings (SSSR count). The summed E-state index contributed by atoms with van der Waals surface area (Å²) in [5.74, 6) is 0.590. The zero-order valence-corrected chi connectivity index (χ0v) is 17.3. The van der Waals surface area contributed by atoms with E-state index in [1.165, 1.54) is 28.8 Å². The average Bonchev–Trinajstić information content (AvgIpc) is 3.16. The minimum absolute atomic E-state index is 0.000982. The van der Waals surface area contributed by atoms with Crippen molar-refractivity contribution in [1.82, 2.24) is 13.9 Å². The number of aromatic nitrogens is 2. The molecule has 10 heteroatoms. The summed E-state index contributed by atoms with van der Waals surface area (Å²) in [7, 11) is -3.63. The topological polar surface area (TPSA) is 76.5 Å². The van der Waals surface area contributed by atoms with Crippen molar-refractivity contribution in [2.24, 2.45) is 0 Å². The first kappa shape index (κ1) is 21.5. The molecule has 1 fully saturated rings. The third-order valence-corrected chi connectivity index (χ3v) is 6.56. The molecule has 1 saturated heterocycles. The first-order valence-corrected chi connectivity index (χ1v) is 11.1. The molecule has 1 aromatic heterocycles. The minimum Gasteiger partial charge on any atom is -0.489 e. The van der Waals surface area contributed by atoms with Gasteiger partial charge >= 0.3 is 6.55 Å². The molecule has 29 heavy (non-hydrogen) atoms. The number of hydrogen-bond acceptors (Lipinski definition) is 5. The van der Waals surface area contributed by atoms with Crippen LogP contribution in [-0.2, 0) is 16.6 Å². The Morgan fingerprint density at radius 3 is 2.59 bits per heavy atom. The summed E-state index contributed by atoms with van der Waals surface area (Å²) in [6, 6.07) is 4.61. The highest BCUT2D eigenvalue weighted by Crippen LogP contribution is 2.31. The second-order valence-electron chi connectivity index (χ2n) is 7.17. The van der Waals surface area contributed by atoms with Crippen LogP contribution in [0, 0.1) is 0 Å². The molecule has 0 unspecified atom stereocenters. The van der Waals surface area contributed by atoms with Crippen molar-refractivity contribution in [3.05, 3.63) is 36.4 Å². The molecule has 0 amide bonds. The Bertz CT molecular complexity index is 925. The number of sulfonamides is 1. The third-order valence-electron chi connectivity index (χ3n) is 4.66. The molecule has 0 saturated carbocycles. The number of alkyl halides is 2. The Labute approximate surface area is 169 Å². The fourth-order valence-electron chi connectivity index (χ4n) is 3.25. The lowest BCUT2D eigenvalue weighted by molar-refractivity contribution is 0.0673. The molecule has 1 N–H and O–H groups in total. The molecule has 160 valence electrons. The SMILES string of the molecule is CC(C)Oc1ccc(S(=O)(=O)N2CCCCC2)cc1NCc1nccn1C(F)F. The van der Waals surface area contributed by atoms with Crippen molar-refractivity contribution in [3.8, 4) is 5.75 Å². The third kappa shape index (κ3) is 5.05. The average molecular weight is 429 g/mol. The van der Waals surface area contributed by atoms with E-state index in [9.17, 15) is 17.2 Å². The van der Waals surface area contributed by atoms with Crippen LogP contribution in [0.5, 0.6) is 5.75 Å². The molecule has 1 aliphatic heterocycles. The van der Waals surface area contributed by atoms with E-state index in [0.717, 1.165) is 23.8 Å². The summed E-state index contributed by atoms with van der Waals surface area (Å²) in [6.45, 7) is 2.00. The van der Waals surface area contributed by atoms with Crippen molar-refractivity contribution in [2.45, 2.75) is 57.2 Å². The van der Waals surface area contributed by atoms with Crippen LogP contribution < -0.4 is 10.1 Å². The van der Waals surface area contributed by atoms with Crippen LogP contribution >= 0.6 is 0 Å². The molecule has 1 aromatic carbocycles. The maximum atomic E-state index is 13.0. The van der Waals surface area contributed by atoms with Crippen LogP contribution in [0.2, 0.25) is 0 Å². The Balaban J connectivity index is 1.88. The van der Waals surface area contributed by atoms with Crippen LogP contribution in [0.1, 0.15) is 45.5 Å². The number of imidazole rings is 1. The molecule has 2 heterocycles. The van der Waals surface area contributed by atoms with Crippen molar-refractivity contribution in [3.63, 3.8) is 0 Å². The molecule has 0 atom stereocenters. The van der Waals surface area contributed by atoms with Gasteiger partial charge in [0.1, 0.15) is 11.6 Å². The minimum atomic E-state index is -3.63. The van der Waals surface area contributed by atoms with Crippen molar-refractivity contribution in [2.75, 3.05) is 18.4 Å². The molecule has 0 bridgehead atoms. The summed E-state index contributed by atoms with van der Waals surface area (Å²) in [6.07, 6.45) is 5.07. The van der Waals surface area contributed by atoms with E-state index in [1.807, 2.05) is 13.8 Å². The fourth-order valence-corrected chi connectivity index (χ4v) is 4.80. The summed E-state index contributed by atoms with van der Waals surface area (Å²) < 4.78 is 60.1. The number of hydrogen-bond donors (Lipinski definition) is 1. The van der Waals surface area contributed by atoms with Crippen molar-refractivity contribution < 1.29 is 21.9 Å². The van der Waals surface area contributed by atoms with E-state index in [0.29, 0.717) is 24.5 Å². The van der Waals surface area contributed by atoms with Gasteiger partial charge in [-0.05, 0) is 44.9 Å². The van der Waals surface area contributed by atoms with Gasteiger partial charge in [-0.15, -0.1) is 0 Å². The lowest BCUT2D eigenvalue weighted by Gasteiger charge is -2.26. The number of ether oxygens (including phenoxy) is 1. The van der Waals surface area contributed by atoms with Crippen LogP contribution in [0.4, 0.5) is 14.5 Å². The zero-order chi connectivity index (χ0) is 21.0. The van der Waals surface area contributed by atoms with E-state index in [-0.39, 0.29) is 23.4 Å². The molecule has 0 aliphatic carbocycles. The normalized spacial score (nSPS) is 15.8. The Morgan fingerprint density at radius 1 is 1.21 bits per heavy atom. The standard InChI is InChI=1S/C19H26F2N4O3S/c1-14(2)28-17-7-6-15(29(26,27)24-9-4-3-5-10-24)12-16(17)23-13-18-22-8-11-25(18)19(20)21/h6-8,11-12,14,19,23H,3-5,9-10,13H2,1-2H3. The second kappa shape index (κ2) is 9.08. The molecular formula is C19H26F2N4O3S. The maximum absolute atomic E-state index is 13.0. The first-order chi connectivity index (χ1) is 13.8. The number of benzene rings is 1. The summed E-state index contributed by atoms with van der Waals surface area (Å²) in [5.41, 5.74) is 0.417. The molecule has 7 nitrogen and oxygen atoms in total. The first-order valence-electron chi connectivity index (χ1n) is 9.63. The molecule has 2 aromatic rings. The highest BCUT2D eigenvalue weighted by molar-refractivity contribution is 7.89. The van der Waals surface area contributed by atoms with Gasteiger partial charge in [0.25, 0.3) is 0 Å². The molecule has 0 radical (unpaired) electrons. The molecule has 1 aliphatic rings. The number of halogens is 2. The summed E-state index contributed by atoms with van der Waals surface area (Å²) in [5, 5.41) is 3.01. The second-order valence-corrected chi connectivity index (χ2v) is 9.11. The van der Waals surface area contributed by atoms with E-state index in [2.05, 4.69) is 10.3 Å².